The van der Waals surface area contributed by atoms with E-state index in [-0.39, 0.29) is 41.4 Å². The molecule has 0 bridgehead atoms. The third-order valence-corrected chi connectivity index (χ3v) is 7.32. The average Bonchev–Trinajstić information content (AvgIpc) is 3.31. The first-order valence-electron chi connectivity index (χ1n) is 12.2. The molecule has 12 nitrogen and oxygen atoms in total. The molecular formula is C25H35N5O7S. The van der Waals surface area contributed by atoms with Gasteiger partial charge in [0.25, 0.3) is 11.8 Å². The zero-order valence-electron chi connectivity index (χ0n) is 22.1. The van der Waals surface area contributed by atoms with Gasteiger partial charge in [0.2, 0.25) is 11.7 Å². The fourth-order valence-electron chi connectivity index (χ4n) is 4.56. The minimum atomic E-state index is -1.12. The summed E-state index contributed by atoms with van der Waals surface area (Å²) in [5, 5.41) is 3.12. The molecule has 0 unspecified atom stereocenters. The van der Waals surface area contributed by atoms with Crippen molar-refractivity contribution in [1.29, 1.82) is 0 Å². The van der Waals surface area contributed by atoms with Gasteiger partial charge in [0, 0.05) is 19.7 Å². The lowest BCUT2D eigenvalue weighted by molar-refractivity contribution is -0.127. The maximum Gasteiger partial charge on any atom is 0.270 e. The van der Waals surface area contributed by atoms with Crippen molar-refractivity contribution in [3.05, 3.63) is 28.3 Å². The Kier molecular flexibility index (Phi) is 10.1. The molecule has 208 valence electrons. The van der Waals surface area contributed by atoms with E-state index in [2.05, 4.69) is 9.69 Å². The van der Waals surface area contributed by atoms with Crippen LogP contribution in [0.3, 0.4) is 0 Å². The molecule has 5 N–H and O–H groups in total. The van der Waals surface area contributed by atoms with Crippen molar-refractivity contribution < 1.29 is 33.3 Å². The fourth-order valence-corrected chi connectivity index (χ4v) is 5.32. The number of primary amides is 1. The number of carbonyl (C=O) groups is 3. The van der Waals surface area contributed by atoms with Gasteiger partial charge >= 0.3 is 0 Å². The van der Waals surface area contributed by atoms with Gasteiger partial charge in [-0.05, 0) is 42.1 Å². The van der Waals surface area contributed by atoms with E-state index >= 15 is 0 Å². The minimum absolute atomic E-state index is 0.00203. The van der Waals surface area contributed by atoms with Crippen molar-refractivity contribution in [1.82, 2.24) is 14.6 Å². The lowest BCUT2D eigenvalue weighted by atomic mass is 9.94. The molecule has 2 aromatic rings. The van der Waals surface area contributed by atoms with Gasteiger partial charge in [-0.15, -0.1) is 0 Å². The van der Waals surface area contributed by atoms with Gasteiger partial charge in [0.1, 0.15) is 10.9 Å². The number of nitrogen functional groups attached to an aromatic ring is 1. The van der Waals surface area contributed by atoms with E-state index in [9.17, 15) is 14.4 Å². The van der Waals surface area contributed by atoms with Crippen LogP contribution in [0.5, 0.6) is 17.2 Å². The van der Waals surface area contributed by atoms with Crippen molar-refractivity contribution in [2.24, 2.45) is 5.73 Å². The molecule has 0 spiro atoms. The topological polar surface area (TPSA) is 168 Å². The molecule has 1 atom stereocenters. The Labute approximate surface area is 225 Å². The zero-order chi connectivity index (χ0) is 27.8. The predicted octanol–water partition coefficient (Wildman–Crippen LogP) is 2.13. The van der Waals surface area contributed by atoms with E-state index in [0.717, 1.165) is 43.6 Å². The molecule has 1 aliphatic rings. The number of carbonyl (C=O) groups excluding carboxylic acids is 3. The summed E-state index contributed by atoms with van der Waals surface area (Å²) < 4.78 is 25.7. The average molecular weight is 550 g/mol. The van der Waals surface area contributed by atoms with Crippen LogP contribution in [0.2, 0.25) is 0 Å². The van der Waals surface area contributed by atoms with Crippen LogP contribution in [0.25, 0.3) is 0 Å². The number of methoxy groups -OCH3 is 4. The molecule has 1 aliphatic carbocycles. The summed E-state index contributed by atoms with van der Waals surface area (Å²) in [7, 11) is 5.90. The Bertz CT molecular complexity index is 1120. The van der Waals surface area contributed by atoms with Crippen LogP contribution in [0.15, 0.2) is 12.1 Å². The van der Waals surface area contributed by atoms with Crippen LogP contribution in [-0.2, 0) is 9.53 Å². The Morgan fingerprint density at radius 3 is 2.21 bits per heavy atom. The van der Waals surface area contributed by atoms with E-state index in [1.807, 2.05) is 0 Å². The molecule has 0 radical (unpaired) electrons. The molecule has 1 saturated carbocycles. The van der Waals surface area contributed by atoms with Crippen molar-refractivity contribution in [3.63, 3.8) is 0 Å². The normalized spacial score (nSPS) is 14.4. The second kappa shape index (κ2) is 13.3. The molecule has 38 heavy (non-hydrogen) atoms. The number of hydrogen-bond donors (Lipinski definition) is 3. The summed E-state index contributed by atoms with van der Waals surface area (Å²) in [6.45, 7) is 0.169. The smallest absolute Gasteiger partial charge is 0.270 e. The van der Waals surface area contributed by atoms with Gasteiger partial charge in [-0.3, -0.25) is 14.4 Å². The van der Waals surface area contributed by atoms with Crippen LogP contribution in [-0.4, -0.2) is 74.6 Å². The Morgan fingerprint density at radius 2 is 1.71 bits per heavy atom. The third kappa shape index (κ3) is 6.27. The summed E-state index contributed by atoms with van der Waals surface area (Å²) in [5.74, 6) is -0.833. The highest BCUT2D eigenvalue weighted by Crippen LogP contribution is 2.41. The van der Waals surface area contributed by atoms with Gasteiger partial charge in [0.05, 0.1) is 33.6 Å². The zero-order valence-corrected chi connectivity index (χ0v) is 22.9. The number of ether oxygens (including phenoxy) is 4. The Morgan fingerprint density at radius 1 is 1.08 bits per heavy atom. The first kappa shape index (κ1) is 29.0. The number of rotatable bonds is 12. The summed E-state index contributed by atoms with van der Waals surface area (Å²) in [6.07, 6.45) is 4.85. The number of benzene rings is 1. The lowest BCUT2D eigenvalue weighted by Gasteiger charge is -2.33. The number of anilines is 1. The van der Waals surface area contributed by atoms with Crippen LogP contribution >= 0.6 is 11.5 Å². The van der Waals surface area contributed by atoms with Crippen LogP contribution in [0.1, 0.15) is 63.9 Å². The van der Waals surface area contributed by atoms with Crippen molar-refractivity contribution in [2.45, 2.75) is 44.2 Å². The molecule has 0 saturated heterocycles. The number of nitrogens with two attached hydrogens (primary N) is 2. The summed E-state index contributed by atoms with van der Waals surface area (Å²) >= 11 is 0.747. The molecular weight excluding hydrogens is 514 g/mol. The second-order valence-electron chi connectivity index (χ2n) is 8.83. The number of hydrogen-bond acceptors (Lipinski definition) is 10. The highest BCUT2D eigenvalue weighted by atomic mass is 32.1. The van der Waals surface area contributed by atoms with Gasteiger partial charge in [-0.1, -0.05) is 19.3 Å². The van der Waals surface area contributed by atoms with Crippen LogP contribution in [0, 0.1) is 0 Å². The monoisotopic (exact) mass is 549 g/mol. The number of nitrogens with zero attached hydrogens (tertiary/aromatic N) is 2. The largest absolute Gasteiger partial charge is 0.493 e. The molecule has 1 heterocycles. The van der Waals surface area contributed by atoms with Gasteiger partial charge in [-0.25, -0.2) is 0 Å². The van der Waals surface area contributed by atoms with Gasteiger partial charge < -0.3 is 40.6 Å². The van der Waals surface area contributed by atoms with Crippen molar-refractivity contribution in [2.75, 3.05) is 47.3 Å². The van der Waals surface area contributed by atoms with E-state index in [1.165, 1.54) is 33.3 Å². The molecule has 0 aliphatic heterocycles. The van der Waals surface area contributed by atoms with E-state index in [0.29, 0.717) is 22.8 Å². The molecule has 1 aromatic carbocycles. The van der Waals surface area contributed by atoms with E-state index in [4.69, 9.17) is 30.4 Å². The SMILES string of the molecule is COCCN(C(=O)c1snc(C(N)=O)c1N)[C@@H](C(=O)NC1CCCCC1)c1cc(OC)c(OC)c(OC)c1. The number of aromatic nitrogens is 1. The summed E-state index contributed by atoms with van der Waals surface area (Å²) in [4.78, 5) is 40.9. The Balaban J connectivity index is 2.14. The molecule has 3 rings (SSSR count). The van der Waals surface area contributed by atoms with E-state index < -0.39 is 17.9 Å². The maximum atomic E-state index is 13.9. The fraction of sp³-hybridized carbons (Fsp3) is 0.520. The lowest BCUT2D eigenvalue weighted by Crippen LogP contribution is -2.48. The second-order valence-corrected chi connectivity index (χ2v) is 9.61. The first-order valence-corrected chi connectivity index (χ1v) is 13.0. The molecule has 1 aromatic heterocycles. The van der Waals surface area contributed by atoms with Gasteiger partial charge in [-0.2, -0.15) is 4.37 Å². The Hall–Kier alpha value is -3.58. The standard InChI is InChI=1S/C25H35N5O7S/c1-34-11-10-30(25(33)22-18(26)19(23(27)31)29-38-22)20(24(32)28-15-8-6-5-7-9-15)14-12-16(35-2)21(37-4)17(13-14)36-3/h12-13,15,20H,5-11,26H2,1-4H3,(H2,27,31)(H,28,32)/t20-/m1/s1. The third-order valence-electron chi connectivity index (χ3n) is 6.47. The van der Waals surface area contributed by atoms with Gasteiger partial charge in [0.15, 0.2) is 17.2 Å². The quantitative estimate of drug-likeness (QED) is 0.359. The van der Waals surface area contributed by atoms with E-state index in [1.54, 1.807) is 12.1 Å². The highest BCUT2D eigenvalue weighted by Gasteiger charge is 2.36. The predicted molar refractivity (Wildman–Crippen MR) is 142 cm³/mol. The number of amides is 3. The molecule has 13 heteroatoms. The number of nitrogens with one attached hydrogen (secondary N) is 1. The minimum Gasteiger partial charge on any atom is -0.493 e. The summed E-state index contributed by atoms with van der Waals surface area (Å²) in [5.41, 5.74) is 11.5. The molecule has 3 amide bonds. The molecule has 1 fully saturated rings. The highest BCUT2D eigenvalue weighted by molar-refractivity contribution is 7.09. The maximum absolute atomic E-state index is 13.9. The van der Waals surface area contributed by atoms with Crippen LogP contribution in [0.4, 0.5) is 5.69 Å². The summed E-state index contributed by atoms with van der Waals surface area (Å²) in [6, 6.07) is 2.12. The van der Waals surface area contributed by atoms with Crippen molar-refractivity contribution in [3.8, 4) is 17.2 Å². The first-order chi connectivity index (χ1) is 18.3. The van der Waals surface area contributed by atoms with Crippen molar-refractivity contribution >= 4 is 34.9 Å². The van der Waals surface area contributed by atoms with Crippen LogP contribution < -0.4 is 31.0 Å².